The van der Waals surface area contributed by atoms with Crippen molar-refractivity contribution in [2.75, 3.05) is 42.3 Å². The number of hydrogen-bond donors (Lipinski definition) is 2. The molecule has 1 aromatic carbocycles. The van der Waals surface area contributed by atoms with Gasteiger partial charge in [0.05, 0.1) is 33.7 Å². The van der Waals surface area contributed by atoms with E-state index in [0.29, 0.717) is 42.2 Å². The first-order valence-electron chi connectivity index (χ1n) is 16.0. The highest BCUT2D eigenvalue weighted by Crippen LogP contribution is 2.39. The van der Waals surface area contributed by atoms with Gasteiger partial charge in [0.25, 0.3) is 5.91 Å². The SMILES string of the molecule is CCc1c(N2CCN(C(=O)c3ncnc(C)c3O)[C@H]3CC[C@@H]32)c(=O)c2nc(N(C)C)c(C)nc2n1CC(=O)Nc1ccc(C(F)(F)F)cc1Cl. The number of aromatic nitrogens is 5. The van der Waals surface area contributed by atoms with Gasteiger partial charge in [-0.15, -0.1) is 0 Å². The lowest BCUT2D eigenvalue weighted by atomic mass is 9.81. The fraction of sp³-hybridized carbons (Fsp3) is 0.424. The average Bonchev–Trinajstić information content (AvgIpc) is 3.03. The quantitative estimate of drug-likeness (QED) is 0.283. The van der Waals surface area contributed by atoms with Gasteiger partial charge < -0.3 is 29.7 Å². The number of pyridine rings is 1. The second kappa shape index (κ2) is 13.0. The number of nitrogens with zero attached hydrogens (tertiary/aromatic N) is 8. The molecule has 0 bridgehead atoms. The summed E-state index contributed by atoms with van der Waals surface area (Å²) in [6.07, 6.45) is -1.71. The maximum absolute atomic E-state index is 14.5. The molecule has 2 fully saturated rings. The lowest BCUT2D eigenvalue weighted by Gasteiger charge is -2.54. The third-order valence-corrected chi connectivity index (χ3v) is 9.60. The molecule has 4 heterocycles. The molecule has 17 heteroatoms. The molecule has 2 aliphatic rings. The highest BCUT2D eigenvalue weighted by Gasteiger charge is 2.47. The van der Waals surface area contributed by atoms with Crippen molar-refractivity contribution in [1.82, 2.24) is 29.4 Å². The predicted molar refractivity (Wildman–Crippen MR) is 181 cm³/mol. The van der Waals surface area contributed by atoms with Gasteiger partial charge in [0, 0.05) is 38.9 Å². The number of halogens is 4. The van der Waals surface area contributed by atoms with Crippen LogP contribution in [0.1, 0.15) is 52.9 Å². The number of carbonyl (C=O) groups excluding carboxylic acids is 2. The average molecular weight is 714 g/mol. The molecule has 3 aromatic heterocycles. The normalized spacial score (nSPS) is 17.4. The predicted octanol–water partition coefficient (Wildman–Crippen LogP) is 4.34. The Labute approximate surface area is 289 Å². The van der Waals surface area contributed by atoms with Gasteiger partial charge in [0.15, 0.2) is 28.4 Å². The Morgan fingerprint density at radius 2 is 1.80 bits per heavy atom. The monoisotopic (exact) mass is 713 g/mol. The van der Waals surface area contributed by atoms with Gasteiger partial charge in [-0.3, -0.25) is 14.4 Å². The molecule has 4 aromatic rings. The Hall–Kier alpha value is -4.99. The molecule has 1 saturated carbocycles. The molecule has 1 aliphatic heterocycles. The van der Waals surface area contributed by atoms with Crippen molar-refractivity contribution >= 4 is 51.8 Å². The van der Waals surface area contributed by atoms with Crippen LogP contribution in [-0.2, 0) is 23.9 Å². The molecule has 2 atom stereocenters. The Kier molecular flexibility index (Phi) is 9.09. The Bertz CT molecular complexity index is 2090. The second-order valence-electron chi connectivity index (χ2n) is 12.6. The molecule has 2 amide bonds. The fourth-order valence-electron chi connectivity index (χ4n) is 6.74. The lowest BCUT2D eigenvalue weighted by Crippen LogP contribution is -2.67. The highest BCUT2D eigenvalue weighted by molar-refractivity contribution is 6.33. The number of alkyl halides is 3. The topological polar surface area (TPSA) is 150 Å². The van der Waals surface area contributed by atoms with Gasteiger partial charge in [-0.25, -0.2) is 19.9 Å². The zero-order chi connectivity index (χ0) is 36.2. The van der Waals surface area contributed by atoms with E-state index < -0.39 is 23.6 Å². The van der Waals surface area contributed by atoms with Crippen molar-refractivity contribution in [1.29, 1.82) is 0 Å². The lowest BCUT2D eigenvalue weighted by molar-refractivity contribution is -0.137. The second-order valence-corrected chi connectivity index (χ2v) is 13.0. The molecule has 6 rings (SSSR count). The number of amides is 2. The Morgan fingerprint density at radius 1 is 1.08 bits per heavy atom. The number of rotatable bonds is 7. The van der Waals surface area contributed by atoms with E-state index in [1.807, 2.05) is 11.8 Å². The fourth-order valence-corrected chi connectivity index (χ4v) is 6.97. The minimum atomic E-state index is -4.61. The van der Waals surface area contributed by atoms with Gasteiger partial charge in [0.2, 0.25) is 11.3 Å². The summed E-state index contributed by atoms with van der Waals surface area (Å²) in [6.45, 7) is 5.33. The van der Waals surface area contributed by atoms with Crippen molar-refractivity contribution in [2.24, 2.45) is 0 Å². The summed E-state index contributed by atoms with van der Waals surface area (Å²) in [5, 5.41) is 12.8. The standard InChI is InChI=1S/C33H35ClF3N9O4/c1-6-21-27(44-11-12-45(23-10-9-22(23)44)32(50)26-28(48)16(2)38-15-39-26)29(49)25-31(40-17(3)30(42-25)43(4)5)46(21)14-24(47)41-20-8-7-18(13-19(20)34)33(35,36)37/h7-8,13,15,22-23,48H,6,9-12,14H2,1-5H3,(H,41,47)/t22-,23-/m0/s1. The summed E-state index contributed by atoms with van der Waals surface area (Å²) < 4.78 is 41.3. The molecular weight excluding hydrogens is 679 g/mol. The highest BCUT2D eigenvalue weighted by atomic mass is 35.5. The van der Waals surface area contributed by atoms with E-state index in [2.05, 4.69) is 15.3 Å². The number of carbonyl (C=O) groups is 2. The van der Waals surface area contributed by atoms with E-state index in [-0.39, 0.29) is 76.2 Å². The summed E-state index contributed by atoms with van der Waals surface area (Å²) >= 11 is 6.13. The first kappa shape index (κ1) is 34.9. The maximum Gasteiger partial charge on any atom is 0.416 e. The number of fused-ring (bicyclic) bond motifs is 2. The number of piperazine rings is 1. The number of nitrogens with one attached hydrogen (secondary N) is 1. The number of aryl methyl sites for hydroxylation is 2. The number of aromatic hydroxyl groups is 1. The summed E-state index contributed by atoms with van der Waals surface area (Å²) in [7, 11) is 3.55. The minimum absolute atomic E-state index is 0.00605. The molecule has 0 radical (unpaired) electrons. The van der Waals surface area contributed by atoms with Crippen LogP contribution in [0.25, 0.3) is 11.2 Å². The zero-order valence-corrected chi connectivity index (χ0v) is 28.7. The molecule has 1 saturated heterocycles. The summed E-state index contributed by atoms with van der Waals surface area (Å²) in [5.74, 6) is -0.841. The third-order valence-electron chi connectivity index (χ3n) is 9.28. The van der Waals surface area contributed by atoms with Crippen molar-refractivity contribution in [2.45, 2.75) is 64.8 Å². The van der Waals surface area contributed by atoms with E-state index in [9.17, 15) is 32.7 Å². The Balaban J connectivity index is 1.41. The number of benzene rings is 1. The van der Waals surface area contributed by atoms with Gasteiger partial charge >= 0.3 is 6.18 Å². The van der Waals surface area contributed by atoms with Crippen LogP contribution in [0.15, 0.2) is 29.3 Å². The van der Waals surface area contributed by atoms with Gasteiger partial charge in [-0.2, -0.15) is 13.2 Å². The summed E-state index contributed by atoms with van der Waals surface area (Å²) in [6, 6.07) is 2.15. The summed E-state index contributed by atoms with van der Waals surface area (Å²) in [5.41, 5.74) is 0.469. The Morgan fingerprint density at radius 3 is 2.42 bits per heavy atom. The van der Waals surface area contributed by atoms with Crippen LogP contribution in [-0.4, -0.2) is 85.6 Å². The summed E-state index contributed by atoms with van der Waals surface area (Å²) in [4.78, 5) is 64.4. The molecule has 50 heavy (non-hydrogen) atoms. The molecule has 264 valence electrons. The first-order chi connectivity index (χ1) is 23.6. The molecule has 0 unspecified atom stereocenters. The first-order valence-corrected chi connectivity index (χ1v) is 16.4. The van der Waals surface area contributed by atoms with Crippen molar-refractivity contribution < 1.29 is 27.9 Å². The van der Waals surface area contributed by atoms with Crippen LogP contribution >= 0.6 is 11.6 Å². The molecule has 13 nitrogen and oxygen atoms in total. The minimum Gasteiger partial charge on any atom is -0.504 e. The number of hydrogen-bond acceptors (Lipinski definition) is 10. The van der Waals surface area contributed by atoms with Crippen LogP contribution in [0.2, 0.25) is 5.02 Å². The molecule has 0 spiro atoms. The van der Waals surface area contributed by atoms with Crippen molar-refractivity contribution in [3.63, 3.8) is 0 Å². The van der Waals surface area contributed by atoms with Crippen LogP contribution in [0, 0.1) is 13.8 Å². The van der Waals surface area contributed by atoms with Crippen LogP contribution in [0.5, 0.6) is 5.75 Å². The van der Waals surface area contributed by atoms with Crippen LogP contribution in [0.4, 0.5) is 30.4 Å². The smallest absolute Gasteiger partial charge is 0.416 e. The van der Waals surface area contributed by atoms with Gasteiger partial charge in [-0.05, 0) is 51.3 Å². The largest absolute Gasteiger partial charge is 0.504 e. The van der Waals surface area contributed by atoms with Gasteiger partial charge in [0.1, 0.15) is 18.6 Å². The third kappa shape index (κ3) is 6.05. The van der Waals surface area contributed by atoms with E-state index in [4.69, 9.17) is 21.6 Å². The van der Waals surface area contributed by atoms with Crippen molar-refractivity contribution in [3.05, 3.63) is 68.1 Å². The molecular formula is C33H35ClF3N9O4. The van der Waals surface area contributed by atoms with E-state index in [1.165, 1.54) is 6.33 Å². The van der Waals surface area contributed by atoms with E-state index in [1.54, 1.807) is 42.3 Å². The molecule has 2 N–H and O–H groups in total. The zero-order valence-electron chi connectivity index (χ0n) is 28.0. The maximum atomic E-state index is 14.5. The van der Waals surface area contributed by atoms with Crippen LogP contribution < -0.4 is 20.5 Å². The van der Waals surface area contributed by atoms with Crippen LogP contribution in [0.3, 0.4) is 0 Å². The molecule has 1 aliphatic carbocycles. The van der Waals surface area contributed by atoms with Gasteiger partial charge in [-0.1, -0.05) is 18.5 Å². The number of anilines is 3. The van der Waals surface area contributed by atoms with E-state index in [0.717, 1.165) is 18.2 Å². The van der Waals surface area contributed by atoms with Crippen molar-refractivity contribution in [3.8, 4) is 5.75 Å². The van der Waals surface area contributed by atoms with E-state index >= 15 is 0 Å².